The third-order valence-corrected chi connectivity index (χ3v) is 3.41. The second kappa shape index (κ2) is 7.33. The van der Waals surface area contributed by atoms with Crippen molar-refractivity contribution in [2.24, 2.45) is 0 Å². The lowest BCUT2D eigenvalue weighted by Crippen LogP contribution is -2.45. The Morgan fingerprint density at radius 1 is 1.36 bits per heavy atom. The molecule has 6 nitrogen and oxygen atoms in total. The summed E-state index contributed by atoms with van der Waals surface area (Å²) in [5.41, 5.74) is 0.861. The van der Waals surface area contributed by atoms with Gasteiger partial charge in [-0.05, 0) is 43.7 Å². The highest BCUT2D eigenvalue weighted by Crippen LogP contribution is 2.08. The van der Waals surface area contributed by atoms with Gasteiger partial charge in [-0.2, -0.15) is 9.90 Å². The summed E-state index contributed by atoms with van der Waals surface area (Å²) in [7, 11) is 0. The van der Waals surface area contributed by atoms with Crippen LogP contribution in [0.5, 0.6) is 0 Å². The van der Waals surface area contributed by atoms with Crippen LogP contribution < -0.4 is 10.6 Å². The molecule has 1 aromatic carbocycles. The minimum atomic E-state index is -0.325. The summed E-state index contributed by atoms with van der Waals surface area (Å²) < 4.78 is 12.9. The minimum Gasteiger partial charge on any atom is -0.347 e. The van der Waals surface area contributed by atoms with Crippen LogP contribution >= 0.6 is 12.4 Å². The zero-order chi connectivity index (χ0) is 14.7. The molecule has 1 atom stereocenters. The van der Waals surface area contributed by atoms with Crippen molar-refractivity contribution in [1.29, 1.82) is 0 Å². The molecule has 118 valence electrons. The Morgan fingerprint density at radius 3 is 2.82 bits per heavy atom. The summed E-state index contributed by atoms with van der Waals surface area (Å²) in [6, 6.07) is 5.89. The van der Waals surface area contributed by atoms with Gasteiger partial charge in [0.15, 0.2) is 5.69 Å². The van der Waals surface area contributed by atoms with E-state index in [1.807, 2.05) is 0 Å². The van der Waals surface area contributed by atoms with Gasteiger partial charge in [0, 0.05) is 12.6 Å². The predicted molar refractivity (Wildman–Crippen MR) is 81.9 cm³/mol. The summed E-state index contributed by atoms with van der Waals surface area (Å²) in [5, 5.41) is 14.3. The Morgan fingerprint density at radius 2 is 2.14 bits per heavy atom. The first-order valence-corrected chi connectivity index (χ1v) is 6.92. The molecule has 1 aromatic heterocycles. The molecular weight excluding hydrogens is 309 g/mol. The van der Waals surface area contributed by atoms with Gasteiger partial charge in [0.05, 0.1) is 11.9 Å². The van der Waals surface area contributed by atoms with E-state index >= 15 is 0 Å². The van der Waals surface area contributed by atoms with E-state index in [0.29, 0.717) is 5.69 Å². The van der Waals surface area contributed by atoms with Gasteiger partial charge < -0.3 is 10.6 Å². The molecule has 0 bridgehead atoms. The Hall–Kier alpha value is -1.99. The quantitative estimate of drug-likeness (QED) is 0.892. The van der Waals surface area contributed by atoms with Gasteiger partial charge in [-0.1, -0.05) is 0 Å². The van der Waals surface area contributed by atoms with Crippen molar-refractivity contribution >= 4 is 18.3 Å². The van der Waals surface area contributed by atoms with E-state index in [-0.39, 0.29) is 35.9 Å². The lowest BCUT2D eigenvalue weighted by Gasteiger charge is -2.23. The van der Waals surface area contributed by atoms with Crippen LogP contribution in [-0.2, 0) is 0 Å². The predicted octanol–water partition coefficient (Wildman–Crippen LogP) is 1.31. The standard InChI is InChI=1S/C14H16FN5O.ClH/c15-10-3-5-12(6-4-10)20-17-9-13(19-20)14(21)18-11-2-1-7-16-8-11;/h3-6,9,11,16H,1-2,7-8H2,(H,18,21);1H/t11-;/m0./s1. The number of carbonyl (C=O) groups is 1. The molecule has 1 saturated heterocycles. The van der Waals surface area contributed by atoms with E-state index in [1.165, 1.54) is 23.1 Å². The third kappa shape index (κ3) is 3.80. The number of halogens is 2. The maximum absolute atomic E-state index is 12.9. The number of aromatic nitrogens is 3. The number of hydrogen-bond acceptors (Lipinski definition) is 4. The zero-order valence-electron chi connectivity index (χ0n) is 11.8. The maximum Gasteiger partial charge on any atom is 0.273 e. The van der Waals surface area contributed by atoms with Crippen molar-refractivity contribution in [2.45, 2.75) is 18.9 Å². The first-order valence-electron chi connectivity index (χ1n) is 6.92. The highest BCUT2D eigenvalue weighted by atomic mass is 35.5. The van der Waals surface area contributed by atoms with Gasteiger partial charge in [-0.3, -0.25) is 4.79 Å². The van der Waals surface area contributed by atoms with Crippen LogP contribution in [-0.4, -0.2) is 40.0 Å². The number of piperidine rings is 1. The smallest absolute Gasteiger partial charge is 0.273 e. The lowest BCUT2D eigenvalue weighted by atomic mass is 10.1. The van der Waals surface area contributed by atoms with Crippen molar-refractivity contribution in [3.63, 3.8) is 0 Å². The van der Waals surface area contributed by atoms with E-state index in [1.54, 1.807) is 12.1 Å². The summed E-state index contributed by atoms with van der Waals surface area (Å²) in [5.74, 6) is -0.564. The highest BCUT2D eigenvalue weighted by Gasteiger charge is 2.18. The average molecular weight is 326 g/mol. The van der Waals surface area contributed by atoms with Gasteiger partial charge >= 0.3 is 0 Å². The van der Waals surface area contributed by atoms with Crippen molar-refractivity contribution in [2.75, 3.05) is 13.1 Å². The van der Waals surface area contributed by atoms with E-state index in [4.69, 9.17) is 0 Å². The van der Waals surface area contributed by atoms with Crippen LogP contribution in [0.2, 0.25) is 0 Å². The largest absolute Gasteiger partial charge is 0.347 e. The molecule has 8 heteroatoms. The van der Waals surface area contributed by atoms with E-state index in [0.717, 1.165) is 25.9 Å². The minimum absolute atomic E-state index is 0. The molecule has 1 fully saturated rings. The molecule has 0 radical (unpaired) electrons. The Kier molecular flexibility index (Phi) is 5.46. The van der Waals surface area contributed by atoms with Crippen LogP contribution in [0.1, 0.15) is 23.3 Å². The van der Waals surface area contributed by atoms with Crippen molar-refractivity contribution in [3.8, 4) is 5.69 Å². The summed E-state index contributed by atoms with van der Waals surface area (Å²) >= 11 is 0. The number of carbonyl (C=O) groups excluding carboxylic acids is 1. The molecule has 1 amide bonds. The Labute approximate surface area is 133 Å². The van der Waals surface area contributed by atoms with Crippen molar-refractivity contribution in [3.05, 3.63) is 42.0 Å². The van der Waals surface area contributed by atoms with Crippen molar-refractivity contribution in [1.82, 2.24) is 25.6 Å². The molecule has 0 saturated carbocycles. The molecule has 0 unspecified atom stereocenters. The number of rotatable bonds is 3. The van der Waals surface area contributed by atoms with Crippen LogP contribution in [0.3, 0.4) is 0 Å². The average Bonchev–Trinajstić information content (AvgIpc) is 2.99. The Balaban J connectivity index is 0.00000176. The topological polar surface area (TPSA) is 71.8 Å². The van der Waals surface area contributed by atoms with Crippen LogP contribution in [0.4, 0.5) is 4.39 Å². The number of nitrogens with zero attached hydrogens (tertiary/aromatic N) is 3. The molecule has 3 rings (SSSR count). The molecule has 0 spiro atoms. The fourth-order valence-corrected chi connectivity index (χ4v) is 2.30. The number of benzene rings is 1. The first kappa shape index (κ1) is 16.4. The van der Waals surface area contributed by atoms with Gasteiger partial charge in [-0.15, -0.1) is 17.5 Å². The maximum atomic E-state index is 12.9. The lowest BCUT2D eigenvalue weighted by molar-refractivity contribution is 0.0925. The molecule has 0 aliphatic carbocycles. The Bertz CT molecular complexity index is 624. The molecule has 2 N–H and O–H groups in total. The summed E-state index contributed by atoms with van der Waals surface area (Å²) in [6.45, 7) is 1.77. The third-order valence-electron chi connectivity index (χ3n) is 3.41. The number of amides is 1. The summed E-state index contributed by atoms with van der Waals surface area (Å²) in [6.07, 6.45) is 3.42. The van der Waals surface area contributed by atoms with Crippen LogP contribution in [0.15, 0.2) is 30.5 Å². The first-order chi connectivity index (χ1) is 10.2. The van der Waals surface area contributed by atoms with Gasteiger partial charge in [0.1, 0.15) is 5.82 Å². The van der Waals surface area contributed by atoms with Crippen LogP contribution in [0, 0.1) is 5.82 Å². The van der Waals surface area contributed by atoms with Gasteiger partial charge in [0.25, 0.3) is 5.91 Å². The van der Waals surface area contributed by atoms with Gasteiger partial charge in [0.2, 0.25) is 0 Å². The van der Waals surface area contributed by atoms with Crippen LogP contribution in [0.25, 0.3) is 5.69 Å². The molecule has 2 aromatic rings. The van der Waals surface area contributed by atoms with E-state index < -0.39 is 0 Å². The molecule has 1 aliphatic heterocycles. The van der Waals surface area contributed by atoms with Gasteiger partial charge in [-0.25, -0.2) is 4.39 Å². The second-order valence-electron chi connectivity index (χ2n) is 5.01. The summed E-state index contributed by atoms with van der Waals surface area (Å²) in [4.78, 5) is 13.4. The molecular formula is C14H17ClFN5O. The SMILES string of the molecule is Cl.O=C(N[C@H]1CCCNC1)c1cnn(-c2ccc(F)cc2)n1. The monoisotopic (exact) mass is 325 g/mol. The van der Waals surface area contributed by atoms with E-state index in [2.05, 4.69) is 20.8 Å². The van der Waals surface area contributed by atoms with Crippen molar-refractivity contribution < 1.29 is 9.18 Å². The zero-order valence-corrected chi connectivity index (χ0v) is 12.6. The fourth-order valence-electron chi connectivity index (χ4n) is 2.30. The molecule has 1 aliphatic rings. The fraction of sp³-hybridized carbons (Fsp3) is 0.357. The number of hydrogen-bond donors (Lipinski definition) is 2. The highest BCUT2D eigenvalue weighted by molar-refractivity contribution is 5.92. The second-order valence-corrected chi connectivity index (χ2v) is 5.01. The normalized spacial score (nSPS) is 17.6. The molecule has 2 heterocycles. The van der Waals surface area contributed by atoms with E-state index in [9.17, 15) is 9.18 Å². The molecule has 22 heavy (non-hydrogen) atoms. The number of nitrogens with one attached hydrogen (secondary N) is 2.